The van der Waals surface area contributed by atoms with E-state index < -0.39 is 0 Å². The van der Waals surface area contributed by atoms with Crippen molar-refractivity contribution < 1.29 is 13.9 Å². The standard InChI is InChI=1S/C40H31FN4O2S/c1-28-12-22-36(23-13-28)48-27-38-37(40(46)45(42-38)34-10-6-3-7-11-34)24-31-25-44(33-8-4-2-5-9-33)43-39(31)30-16-20-35(21-17-30)47-26-29-14-18-32(41)19-15-29/h2-25H,26-27H2,1H3. The molecule has 6 nitrogen and oxygen atoms in total. The minimum atomic E-state index is -0.278. The van der Waals surface area contributed by atoms with Crippen molar-refractivity contribution in [3.63, 3.8) is 0 Å². The van der Waals surface area contributed by atoms with Crippen molar-refractivity contribution in [2.24, 2.45) is 5.10 Å². The third kappa shape index (κ3) is 6.99. The van der Waals surface area contributed by atoms with E-state index in [-0.39, 0.29) is 11.7 Å². The van der Waals surface area contributed by atoms with E-state index in [9.17, 15) is 9.18 Å². The van der Waals surface area contributed by atoms with Gasteiger partial charge in [0.05, 0.1) is 28.4 Å². The number of aromatic nitrogens is 2. The number of carbonyl (C=O) groups is 1. The third-order valence-corrected chi connectivity index (χ3v) is 8.88. The summed E-state index contributed by atoms with van der Waals surface area (Å²) < 4.78 is 21.1. The molecule has 0 atom stereocenters. The third-order valence-electron chi connectivity index (χ3n) is 7.86. The Labute approximate surface area is 282 Å². The van der Waals surface area contributed by atoms with Gasteiger partial charge in [-0.05, 0) is 91.4 Å². The number of para-hydroxylation sites is 2. The molecule has 0 saturated heterocycles. The molecule has 1 amide bonds. The van der Waals surface area contributed by atoms with Crippen molar-refractivity contribution in [3.05, 3.63) is 168 Å². The van der Waals surface area contributed by atoms with Crippen LogP contribution in [0.4, 0.5) is 10.1 Å². The number of benzene rings is 5. The van der Waals surface area contributed by atoms with Crippen LogP contribution in [0.15, 0.2) is 155 Å². The second kappa shape index (κ2) is 13.9. The van der Waals surface area contributed by atoms with Gasteiger partial charge in [-0.25, -0.2) is 9.07 Å². The molecule has 0 spiro atoms. The minimum Gasteiger partial charge on any atom is -0.489 e. The zero-order chi connectivity index (χ0) is 32.9. The zero-order valence-electron chi connectivity index (χ0n) is 26.2. The number of halogens is 1. The van der Waals surface area contributed by atoms with Gasteiger partial charge in [-0.1, -0.05) is 66.2 Å². The lowest BCUT2D eigenvalue weighted by atomic mass is 10.0. The molecule has 1 aromatic heterocycles. The SMILES string of the molecule is Cc1ccc(SCC2=NN(c3ccccc3)C(=O)C2=Cc2cn(-c3ccccc3)nc2-c2ccc(OCc3ccc(F)cc3)cc2)cc1. The van der Waals surface area contributed by atoms with E-state index in [1.54, 1.807) is 23.9 Å². The molecule has 0 N–H and O–H groups in total. The molecule has 0 aliphatic carbocycles. The smallest absolute Gasteiger partial charge is 0.280 e. The summed E-state index contributed by atoms with van der Waals surface area (Å²) in [5, 5.41) is 11.3. The molecule has 5 aromatic carbocycles. The zero-order valence-corrected chi connectivity index (χ0v) is 27.0. The molecule has 1 aliphatic rings. The summed E-state index contributed by atoms with van der Waals surface area (Å²) in [7, 11) is 0. The Morgan fingerprint density at radius 2 is 1.46 bits per heavy atom. The van der Waals surface area contributed by atoms with Crippen LogP contribution in [0.3, 0.4) is 0 Å². The first-order valence-corrected chi connectivity index (χ1v) is 16.5. The highest BCUT2D eigenvalue weighted by molar-refractivity contribution is 8.00. The predicted octanol–water partition coefficient (Wildman–Crippen LogP) is 9.14. The Bertz CT molecular complexity index is 2090. The summed E-state index contributed by atoms with van der Waals surface area (Å²) >= 11 is 1.64. The predicted molar refractivity (Wildman–Crippen MR) is 191 cm³/mol. The first-order chi connectivity index (χ1) is 23.5. The molecule has 7 rings (SSSR count). The maximum Gasteiger partial charge on any atom is 0.280 e. The van der Waals surface area contributed by atoms with Crippen LogP contribution in [0.25, 0.3) is 23.0 Å². The first-order valence-electron chi connectivity index (χ1n) is 15.5. The lowest BCUT2D eigenvalue weighted by molar-refractivity contribution is -0.114. The topological polar surface area (TPSA) is 59.7 Å². The number of carbonyl (C=O) groups excluding carboxylic acids is 1. The van der Waals surface area contributed by atoms with Gasteiger partial charge in [0.2, 0.25) is 0 Å². The first kappa shape index (κ1) is 30.9. The van der Waals surface area contributed by atoms with E-state index in [0.717, 1.165) is 27.3 Å². The highest BCUT2D eigenvalue weighted by atomic mass is 32.2. The summed E-state index contributed by atoms with van der Waals surface area (Å²) in [5.41, 5.74) is 7.25. The van der Waals surface area contributed by atoms with Gasteiger partial charge in [-0.2, -0.15) is 15.2 Å². The van der Waals surface area contributed by atoms with Crippen molar-refractivity contribution in [2.45, 2.75) is 18.4 Å². The van der Waals surface area contributed by atoms with Crippen molar-refractivity contribution in [3.8, 4) is 22.7 Å². The number of anilines is 1. The lowest BCUT2D eigenvalue weighted by Gasteiger charge is -2.11. The number of hydrogen-bond acceptors (Lipinski definition) is 5. The second-order valence-corrected chi connectivity index (χ2v) is 12.4. The molecule has 1 aliphatic heterocycles. The number of hydrogen-bond donors (Lipinski definition) is 0. The maximum atomic E-state index is 14.0. The molecular formula is C40H31FN4O2S. The van der Waals surface area contributed by atoms with Gasteiger partial charge in [-0.3, -0.25) is 4.79 Å². The van der Waals surface area contributed by atoms with Crippen LogP contribution in [-0.4, -0.2) is 27.2 Å². The maximum absolute atomic E-state index is 14.0. The fourth-order valence-electron chi connectivity index (χ4n) is 5.28. The summed E-state index contributed by atoms with van der Waals surface area (Å²) in [6, 6.07) is 41.6. The van der Waals surface area contributed by atoms with Gasteiger partial charge in [-0.15, -0.1) is 11.8 Å². The van der Waals surface area contributed by atoms with Crippen molar-refractivity contribution >= 4 is 35.1 Å². The largest absolute Gasteiger partial charge is 0.489 e. The molecule has 0 radical (unpaired) electrons. The summed E-state index contributed by atoms with van der Waals surface area (Å²) in [4.78, 5) is 15.1. The van der Waals surface area contributed by atoms with Gasteiger partial charge in [0.15, 0.2) is 0 Å². The van der Waals surface area contributed by atoms with Crippen LogP contribution in [-0.2, 0) is 11.4 Å². The summed E-state index contributed by atoms with van der Waals surface area (Å²) in [6.07, 6.45) is 3.85. The molecule has 0 fully saturated rings. The van der Waals surface area contributed by atoms with Gasteiger partial charge in [0.1, 0.15) is 18.2 Å². The number of amides is 1. The van der Waals surface area contributed by atoms with Crippen LogP contribution in [0.2, 0.25) is 0 Å². The van der Waals surface area contributed by atoms with E-state index in [2.05, 4.69) is 31.2 Å². The van der Waals surface area contributed by atoms with E-state index in [1.807, 2.05) is 102 Å². The van der Waals surface area contributed by atoms with Crippen LogP contribution < -0.4 is 9.75 Å². The fraction of sp³-hybridized carbons (Fsp3) is 0.0750. The van der Waals surface area contributed by atoms with Crippen molar-refractivity contribution in [2.75, 3.05) is 10.8 Å². The van der Waals surface area contributed by atoms with Crippen molar-refractivity contribution in [1.82, 2.24) is 9.78 Å². The molecule has 0 bridgehead atoms. The lowest BCUT2D eigenvalue weighted by Crippen LogP contribution is -2.21. The Hall–Kier alpha value is -5.73. The molecule has 2 heterocycles. The minimum absolute atomic E-state index is 0.191. The van der Waals surface area contributed by atoms with Crippen LogP contribution >= 0.6 is 11.8 Å². The molecule has 0 unspecified atom stereocenters. The summed E-state index contributed by atoms with van der Waals surface area (Å²) in [5.74, 6) is 0.729. The number of hydrazone groups is 1. The van der Waals surface area contributed by atoms with Crippen molar-refractivity contribution in [1.29, 1.82) is 0 Å². The van der Waals surface area contributed by atoms with E-state index in [4.69, 9.17) is 14.9 Å². The van der Waals surface area contributed by atoms with E-state index in [0.29, 0.717) is 40.8 Å². The summed E-state index contributed by atoms with van der Waals surface area (Å²) in [6.45, 7) is 2.39. The number of thioether (sulfide) groups is 1. The molecule has 236 valence electrons. The molecule has 48 heavy (non-hydrogen) atoms. The average molecular weight is 651 g/mol. The quantitative estimate of drug-likeness (QED) is 0.110. The number of rotatable bonds is 10. The van der Waals surface area contributed by atoms with Gasteiger partial charge in [0.25, 0.3) is 5.91 Å². The Morgan fingerprint density at radius 3 is 2.15 bits per heavy atom. The van der Waals surface area contributed by atoms with Gasteiger partial charge >= 0.3 is 0 Å². The molecule has 0 saturated carbocycles. The molecule has 6 aromatic rings. The molecule has 8 heteroatoms. The normalized spacial score (nSPS) is 13.6. The Balaban J connectivity index is 1.23. The second-order valence-electron chi connectivity index (χ2n) is 11.3. The number of ether oxygens (including phenoxy) is 1. The van der Waals surface area contributed by atoms with Gasteiger partial charge < -0.3 is 4.74 Å². The van der Waals surface area contributed by atoms with E-state index >= 15 is 0 Å². The van der Waals surface area contributed by atoms with Crippen LogP contribution in [0.1, 0.15) is 16.7 Å². The fourth-order valence-corrected chi connectivity index (χ4v) is 6.13. The van der Waals surface area contributed by atoms with E-state index in [1.165, 1.54) is 22.7 Å². The highest BCUT2D eigenvalue weighted by Crippen LogP contribution is 2.32. The number of aryl methyl sites for hydroxylation is 1. The molecular weight excluding hydrogens is 620 g/mol. The van der Waals surface area contributed by atoms with Gasteiger partial charge in [0, 0.05) is 28.0 Å². The Kier molecular flexibility index (Phi) is 8.98. The highest BCUT2D eigenvalue weighted by Gasteiger charge is 2.31. The Morgan fingerprint density at radius 1 is 0.792 bits per heavy atom. The average Bonchev–Trinajstić information content (AvgIpc) is 3.69. The monoisotopic (exact) mass is 650 g/mol. The van der Waals surface area contributed by atoms with Crippen LogP contribution in [0, 0.1) is 12.7 Å². The van der Waals surface area contributed by atoms with Crippen LogP contribution in [0.5, 0.6) is 5.75 Å². The number of nitrogens with zero attached hydrogens (tertiary/aromatic N) is 4.